The lowest BCUT2D eigenvalue weighted by atomic mass is 10.1. The molecule has 0 aliphatic heterocycles. The van der Waals surface area contributed by atoms with Gasteiger partial charge in [0.05, 0.1) is 15.6 Å². The standard InChI is InChI=1S/C19H23Cl2N7O3/c1-18(2,3)30-17(29)22-9-19(4,5)26-14-13(24-15-16(25-14)28-31-27-15)23-10-6-7-11(20)12(21)8-10/h6-8H,9H2,1-5H3,(H,22,29)(H,23,24,27)(H,25,26,28). The first-order valence-corrected chi connectivity index (χ1v) is 10.1. The predicted molar refractivity (Wildman–Crippen MR) is 119 cm³/mol. The first-order chi connectivity index (χ1) is 14.4. The van der Waals surface area contributed by atoms with Gasteiger partial charge in [-0.3, -0.25) is 0 Å². The number of fused-ring (bicyclic) bond motifs is 1. The molecule has 12 heteroatoms. The molecule has 1 amide bonds. The van der Waals surface area contributed by atoms with E-state index < -0.39 is 17.2 Å². The molecule has 0 aliphatic carbocycles. The summed E-state index contributed by atoms with van der Waals surface area (Å²) in [6.07, 6.45) is -0.515. The number of carbonyl (C=O) groups is 1. The van der Waals surface area contributed by atoms with Crippen LogP contribution in [0.4, 0.5) is 22.1 Å². The number of hydrogen-bond acceptors (Lipinski definition) is 9. The summed E-state index contributed by atoms with van der Waals surface area (Å²) in [5.74, 6) is 0.747. The number of nitrogens with zero attached hydrogens (tertiary/aromatic N) is 4. The van der Waals surface area contributed by atoms with E-state index in [1.165, 1.54) is 0 Å². The summed E-state index contributed by atoms with van der Waals surface area (Å²) in [5, 5.41) is 17.4. The Morgan fingerprint density at radius 3 is 2.29 bits per heavy atom. The molecule has 0 atom stereocenters. The average molecular weight is 468 g/mol. The van der Waals surface area contributed by atoms with Gasteiger partial charge in [-0.1, -0.05) is 23.2 Å². The van der Waals surface area contributed by atoms with Crippen LogP contribution in [0.5, 0.6) is 0 Å². The van der Waals surface area contributed by atoms with Crippen molar-refractivity contribution < 1.29 is 14.2 Å². The second-order valence-corrected chi connectivity index (χ2v) is 9.26. The molecule has 1 aromatic carbocycles. The number of nitrogens with one attached hydrogen (secondary N) is 3. The Balaban J connectivity index is 1.81. The zero-order valence-electron chi connectivity index (χ0n) is 17.7. The number of anilines is 3. The number of aromatic nitrogens is 4. The van der Waals surface area contributed by atoms with Crippen molar-refractivity contribution in [3.8, 4) is 0 Å². The van der Waals surface area contributed by atoms with Gasteiger partial charge in [0, 0.05) is 12.2 Å². The van der Waals surface area contributed by atoms with Crippen molar-refractivity contribution in [2.75, 3.05) is 17.2 Å². The topological polar surface area (TPSA) is 127 Å². The molecule has 0 bridgehead atoms. The monoisotopic (exact) mass is 467 g/mol. The Morgan fingerprint density at radius 1 is 1.03 bits per heavy atom. The first-order valence-electron chi connectivity index (χ1n) is 9.39. The minimum absolute atomic E-state index is 0.234. The third kappa shape index (κ3) is 6.31. The number of ether oxygens (including phenoxy) is 1. The summed E-state index contributed by atoms with van der Waals surface area (Å²) in [5.41, 5.74) is -0.0948. The fraction of sp³-hybridized carbons (Fsp3) is 0.421. The summed E-state index contributed by atoms with van der Waals surface area (Å²) in [6.45, 7) is 9.43. The van der Waals surface area contributed by atoms with Gasteiger partial charge in [0.2, 0.25) is 11.3 Å². The fourth-order valence-corrected chi connectivity index (χ4v) is 2.79. The van der Waals surface area contributed by atoms with Crippen LogP contribution in [0.1, 0.15) is 34.6 Å². The smallest absolute Gasteiger partial charge is 0.407 e. The summed E-state index contributed by atoms with van der Waals surface area (Å²) < 4.78 is 10.0. The molecule has 3 N–H and O–H groups in total. The minimum atomic E-state index is -0.621. The molecule has 0 aliphatic rings. The molecular weight excluding hydrogens is 445 g/mol. The Hall–Kier alpha value is -2.85. The summed E-state index contributed by atoms with van der Waals surface area (Å²) in [6, 6.07) is 5.08. The van der Waals surface area contributed by atoms with Crippen LogP contribution >= 0.6 is 23.2 Å². The van der Waals surface area contributed by atoms with Gasteiger partial charge in [-0.05, 0) is 63.1 Å². The number of rotatable bonds is 6. The molecule has 10 nitrogen and oxygen atoms in total. The number of alkyl carbamates (subject to hydrolysis) is 1. The zero-order valence-corrected chi connectivity index (χ0v) is 19.2. The van der Waals surface area contributed by atoms with E-state index in [1.54, 1.807) is 39.0 Å². The number of benzene rings is 1. The van der Waals surface area contributed by atoms with Gasteiger partial charge in [0.1, 0.15) is 5.60 Å². The molecule has 0 spiro atoms. The van der Waals surface area contributed by atoms with Crippen molar-refractivity contribution in [1.29, 1.82) is 0 Å². The Morgan fingerprint density at radius 2 is 1.68 bits per heavy atom. The normalized spacial score (nSPS) is 12.0. The molecule has 3 aromatic rings. The first kappa shape index (κ1) is 22.8. The van der Waals surface area contributed by atoms with Crippen molar-refractivity contribution in [3.05, 3.63) is 28.2 Å². The van der Waals surface area contributed by atoms with Gasteiger partial charge in [-0.2, -0.15) is 0 Å². The maximum atomic E-state index is 12.0. The van der Waals surface area contributed by atoms with E-state index in [2.05, 4.69) is 36.2 Å². The number of hydrogen-bond donors (Lipinski definition) is 3. The summed E-state index contributed by atoms with van der Waals surface area (Å²) in [7, 11) is 0. The lowest BCUT2D eigenvalue weighted by Gasteiger charge is -2.29. The number of carbonyl (C=O) groups excluding carboxylic acids is 1. The lowest BCUT2D eigenvalue weighted by molar-refractivity contribution is 0.0520. The van der Waals surface area contributed by atoms with E-state index in [0.29, 0.717) is 27.4 Å². The quantitative estimate of drug-likeness (QED) is 0.468. The van der Waals surface area contributed by atoms with Crippen LogP contribution in [0.25, 0.3) is 11.3 Å². The van der Waals surface area contributed by atoms with Gasteiger partial charge in [-0.15, -0.1) is 0 Å². The molecule has 3 rings (SSSR count). The molecule has 166 valence electrons. The second-order valence-electron chi connectivity index (χ2n) is 8.45. The molecule has 0 saturated carbocycles. The molecule has 0 saturated heterocycles. The van der Waals surface area contributed by atoms with Crippen molar-refractivity contribution in [2.45, 2.75) is 45.8 Å². The molecule has 0 fully saturated rings. The van der Waals surface area contributed by atoms with Crippen LogP contribution in [0.3, 0.4) is 0 Å². The van der Waals surface area contributed by atoms with E-state index in [1.807, 2.05) is 13.8 Å². The van der Waals surface area contributed by atoms with Crippen LogP contribution in [0.15, 0.2) is 22.8 Å². The minimum Gasteiger partial charge on any atom is -0.444 e. The van der Waals surface area contributed by atoms with Crippen LogP contribution in [0, 0.1) is 0 Å². The molecule has 0 radical (unpaired) electrons. The zero-order chi connectivity index (χ0) is 22.8. The third-order valence-corrected chi connectivity index (χ3v) is 4.57. The highest BCUT2D eigenvalue weighted by atomic mass is 35.5. The molecule has 2 aromatic heterocycles. The predicted octanol–water partition coefficient (Wildman–Crippen LogP) is 4.78. The molecule has 31 heavy (non-hydrogen) atoms. The van der Waals surface area contributed by atoms with Gasteiger partial charge in [-0.25, -0.2) is 19.4 Å². The molecular formula is C19H23Cl2N7O3. The van der Waals surface area contributed by atoms with Crippen molar-refractivity contribution in [1.82, 2.24) is 25.6 Å². The maximum absolute atomic E-state index is 12.0. The summed E-state index contributed by atoms with van der Waals surface area (Å²) in [4.78, 5) is 20.9. The Labute approximate surface area is 189 Å². The van der Waals surface area contributed by atoms with E-state index in [4.69, 9.17) is 32.6 Å². The van der Waals surface area contributed by atoms with Gasteiger partial charge in [0.25, 0.3) is 0 Å². The Kier molecular flexibility index (Phi) is 6.42. The van der Waals surface area contributed by atoms with Gasteiger partial charge in [0.15, 0.2) is 11.6 Å². The Bertz CT molecular complexity index is 1100. The SMILES string of the molecule is CC(C)(CNC(=O)OC(C)(C)C)Nc1nc2nonc2nc1Nc1ccc(Cl)c(Cl)c1. The van der Waals surface area contributed by atoms with Crippen molar-refractivity contribution >= 4 is 57.9 Å². The van der Waals surface area contributed by atoms with E-state index in [9.17, 15) is 4.79 Å². The number of halogens is 2. The molecule has 2 heterocycles. The summed E-state index contributed by atoms with van der Waals surface area (Å²) >= 11 is 12.1. The van der Waals surface area contributed by atoms with Crippen LogP contribution in [0.2, 0.25) is 10.0 Å². The largest absolute Gasteiger partial charge is 0.444 e. The van der Waals surface area contributed by atoms with E-state index in [0.717, 1.165) is 0 Å². The van der Waals surface area contributed by atoms with E-state index in [-0.39, 0.29) is 17.8 Å². The molecule has 0 unspecified atom stereocenters. The highest BCUT2D eigenvalue weighted by Gasteiger charge is 2.24. The highest BCUT2D eigenvalue weighted by molar-refractivity contribution is 6.42. The number of amides is 1. The van der Waals surface area contributed by atoms with Crippen molar-refractivity contribution in [2.24, 2.45) is 0 Å². The van der Waals surface area contributed by atoms with Crippen LogP contribution in [-0.2, 0) is 4.74 Å². The fourth-order valence-electron chi connectivity index (χ4n) is 2.49. The second kappa shape index (κ2) is 8.72. The third-order valence-electron chi connectivity index (χ3n) is 3.83. The van der Waals surface area contributed by atoms with E-state index >= 15 is 0 Å². The maximum Gasteiger partial charge on any atom is 0.407 e. The van der Waals surface area contributed by atoms with Crippen molar-refractivity contribution in [3.63, 3.8) is 0 Å². The highest BCUT2D eigenvalue weighted by Crippen LogP contribution is 2.30. The van der Waals surface area contributed by atoms with Crippen LogP contribution in [-0.4, -0.2) is 44.1 Å². The van der Waals surface area contributed by atoms with Gasteiger partial charge >= 0.3 is 6.09 Å². The van der Waals surface area contributed by atoms with Gasteiger partial charge < -0.3 is 20.7 Å². The lowest BCUT2D eigenvalue weighted by Crippen LogP contribution is -2.45. The average Bonchev–Trinajstić information content (AvgIpc) is 3.09. The van der Waals surface area contributed by atoms with Crippen LogP contribution < -0.4 is 16.0 Å².